The standard InChI is InChI=1S/C22H19NOS/c1-22(2,16-15-18-8-6-7-17-23-18)24-19-11-13-21(14-12-19)25-20-9-4-3-5-10-20/h3-14,17H,1-2H3. The van der Waals surface area contributed by atoms with Crippen molar-refractivity contribution in [3.05, 3.63) is 84.7 Å². The maximum atomic E-state index is 6.02. The number of hydrogen-bond donors (Lipinski definition) is 0. The Morgan fingerprint density at radius 2 is 1.52 bits per heavy atom. The van der Waals surface area contributed by atoms with Crippen molar-refractivity contribution in [2.24, 2.45) is 0 Å². The van der Waals surface area contributed by atoms with Crippen LogP contribution in [0.15, 0.2) is 88.8 Å². The Hall–Kier alpha value is -2.70. The van der Waals surface area contributed by atoms with Gasteiger partial charge >= 0.3 is 0 Å². The van der Waals surface area contributed by atoms with E-state index < -0.39 is 5.60 Å². The molecule has 0 spiro atoms. The van der Waals surface area contributed by atoms with Crippen molar-refractivity contribution in [3.63, 3.8) is 0 Å². The molecule has 2 aromatic carbocycles. The fourth-order valence-electron chi connectivity index (χ4n) is 2.17. The Bertz CT molecular complexity index is 863. The first-order valence-corrected chi connectivity index (χ1v) is 8.89. The van der Waals surface area contributed by atoms with E-state index in [0.29, 0.717) is 0 Å². The minimum absolute atomic E-state index is 0.592. The molecule has 0 saturated heterocycles. The van der Waals surface area contributed by atoms with Crippen molar-refractivity contribution >= 4 is 11.8 Å². The summed E-state index contributed by atoms with van der Waals surface area (Å²) in [6, 6.07) is 24.1. The Labute approximate surface area is 153 Å². The summed E-state index contributed by atoms with van der Waals surface area (Å²) in [7, 11) is 0. The van der Waals surface area contributed by atoms with Gasteiger partial charge in [0.1, 0.15) is 11.4 Å². The molecule has 0 N–H and O–H groups in total. The van der Waals surface area contributed by atoms with E-state index in [1.807, 2.05) is 62.4 Å². The number of benzene rings is 2. The van der Waals surface area contributed by atoms with Crippen molar-refractivity contribution in [2.75, 3.05) is 0 Å². The van der Waals surface area contributed by atoms with E-state index in [9.17, 15) is 0 Å². The number of nitrogens with zero attached hydrogens (tertiary/aromatic N) is 1. The largest absolute Gasteiger partial charge is 0.475 e. The van der Waals surface area contributed by atoms with Crippen molar-refractivity contribution in [2.45, 2.75) is 29.2 Å². The molecule has 2 nitrogen and oxygen atoms in total. The molecule has 0 aliphatic rings. The van der Waals surface area contributed by atoms with Crippen LogP contribution in [0.4, 0.5) is 0 Å². The first-order valence-electron chi connectivity index (χ1n) is 8.07. The van der Waals surface area contributed by atoms with Gasteiger partial charge in [0.05, 0.1) is 0 Å². The highest BCUT2D eigenvalue weighted by Crippen LogP contribution is 2.29. The Morgan fingerprint density at radius 1 is 0.840 bits per heavy atom. The molecule has 0 saturated carbocycles. The van der Waals surface area contributed by atoms with E-state index in [4.69, 9.17) is 4.74 Å². The SMILES string of the molecule is CC(C)(C#Cc1ccccn1)Oc1ccc(Sc2ccccc2)cc1. The first-order chi connectivity index (χ1) is 12.1. The number of ether oxygens (including phenoxy) is 1. The maximum absolute atomic E-state index is 6.02. The van der Waals surface area contributed by atoms with Crippen LogP contribution in [0.1, 0.15) is 19.5 Å². The van der Waals surface area contributed by atoms with Crippen LogP contribution in [-0.2, 0) is 0 Å². The monoisotopic (exact) mass is 345 g/mol. The summed E-state index contributed by atoms with van der Waals surface area (Å²) in [6.45, 7) is 3.91. The fraction of sp³-hybridized carbons (Fsp3) is 0.136. The molecule has 0 aliphatic heterocycles. The average Bonchev–Trinajstić information content (AvgIpc) is 2.63. The van der Waals surface area contributed by atoms with Gasteiger partial charge in [-0.15, -0.1) is 0 Å². The summed E-state index contributed by atoms with van der Waals surface area (Å²) in [6.07, 6.45) is 1.74. The van der Waals surface area contributed by atoms with Crippen LogP contribution in [0.5, 0.6) is 5.75 Å². The second-order valence-corrected chi connectivity index (χ2v) is 7.11. The molecular formula is C22H19NOS. The zero-order valence-corrected chi connectivity index (χ0v) is 15.1. The average molecular weight is 345 g/mol. The third-order valence-corrected chi connectivity index (χ3v) is 4.35. The van der Waals surface area contributed by atoms with Gasteiger partial charge < -0.3 is 4.74 Å². The van der Waals surface area contributed by atoms with Crippen LogP contribution in [-0.4, -0.2) is 10.6 Å². The minimum Gasteiger partial charge on any atom is -0.475 e. The zero-order chi connectivity index (χ0) is 17.5. The topological polar surface area (TPSA) is 22.1 Å². The summed E-state index contributed by atoms with van der Waals surface area (Å²) in [5.41, 5.74) is 0.153. The van der Waals surface area contributed by atoms with Crippen LogP contribution in [0.2, 0.25) is 0 Å². The Morgan fingerprint density at radius 3 is 2.20 bits per heavy atom. The Kier molecular flexibility index (Phi) is 5.42. The van der Waals surface area contributed by atoms with Crippen molar-refractivity contribution in [1.29, 1.82) is 0 Å². The van der Waals surface area contributed by atoms with Crippen molar-refractivity contribution in [1.82, 2.24) is 4.98 Å². The van der Waals surface area contributed by atoms with E-state index in [2.05, 4.69) is 41.1 Å². The molecule has 0 atom stereocenters. The number of rotatable bonds is 4. The molecule has 124 valence electrons. The normalized spacial score (nSPS) is 10.6. The summed E-state index contributed by atoms with van der Waals surface area (Å²) in [5.74, 6) is 7.00. The van der Waals surface area contributed by atoms with Crippen LogP contribution in [0, 0.1) is 11.8 Å². The lowest BCUT2D eigenvalue weighted by Gasteiger charge is -2.20. The molecule has 0 aliphatic carbocycles. The van der Waals surface area contributed by atoms with Gasteiger partial charge in [-0.05, 0) is 74.2 Å². The van der Waals surface area contributed by atoms with Gasteiger partial charge in [-0.1, -0.05) is 36.0 Å². The predicted octanol–water partition coefficient (Wildman–Crippen LogP) is 5.44. The lowest BCUT2D eigenvalue weighted by Crippen LogP contribution is -2.25. The van der Waals surface area contributed by atoms with Gasteiger partial charge in [-0.25, -0.2) is 4.98 Å². The highest BCUT2D eigenvalue weighted by Gasteiger charge is 2.16. The second kappa shape index (κ2) is 7.92. The van der Waals surface area contributed by atoms with Gasteiger partial charge in [0.2, 0.25) is 0 Å². The molecule has 3 heteroatoms. The second-order valence-electron chi connectivity index (χ2n) is 5.96. The molecule has 0 amide bonds. The third kappa shape index (κ3) is 5.41. The molecule has 3 rings (SSSR count). The van der Waals surface area contributed by atoms with Crippen LogP contribution in [0.25, 0.3) is 0 Å². The van der Waals surface area contributed by atoms with E-state index in [1.165, 1.54) is 9.79 Å². The summed E-state index contributed by atoms with van der Waals surface area (Å²) >= 11 is 1.73. The number of pyridine rings is 1. The lowest BCUT2D eigenvalue weighted by atomic mass is 10.1. The molecule has 1 heterocycles. The van der Waals surface area contributed by atoms with Gasteiger partial charge in [0.25, 0.3) is 0 Å². The minimum atomic E-state index is -0.592. The lowest BCUT2D eigenvalue weighted by molar-refractivity contribution is 0.172. The third-order valence-electron chi connectivity index (χ3n) is 3.33. The smallest absolute Gasteiger partial charge is 0.164 e. The summed E-state index contributed by atoms with van der Waals surface area (Å²) in [5, 5.41) is 0. The number of aromatic nitrogens is 1. The van der Waals surface area contributed by atoms with E-state index in [-0.39, 0.29) is 0 Å². The first kappa shape index (κ1) is 17.1. The Balaban J connectivity index is 1.65. The van der Waals surface area contributed by atoms with Gasteiger partial charge in [0, 0.05) is 16.0 Å². The quantitative estimate of drug-likeness (QED) is 0.588. The van der Waals surface area contributed by atoms with E-state index in [0.717, 1.165) is 11.4 Å². The van der Waals surface area contributed by atoms with E-state index >= 15 is 0 Å². The molecule has 3 aromatic rings. The van der Waals surface area contributed by atoms with Gasteiger partial charge in [-0.3, -0.25) is 0 Å². The molecule has 0 radical (unpaired) electrons. The van der Waals surface area contributed by atoms with E-state index in [1.54, 1.807) is 18.0 Å². The molecule has 0 fully saturated rings. The van der Waals surface area contributed by atoms with Crippen molar-refractivity contribution < 1.29 is 4.74 Å². The molecule has 0 bridgehead atoms. The zero-order valence-electron chi connectivity index (χ0n) is 14.3. The molecule has 1 aromatic heterocycles. The fourth-order valence-corrected chi connectivity index (χ4v) is 3.01. The van der Waals surface area contributed by atoms with Crippen LogP contribution in [0.3, 0.4) is 0 Å². The predicted molar refractivity (Wildman–Crippen MR) is 103 cm³/mol. The summed E-state index contributed by atoms with van der Waals surface area (Å²) in [4.78, 5) is 6.61. The van der Waals surface area contributed by atoms with Gasteiger partial charge in [-0.2, -0.15) is 0 Å². The van der Waals surface area contributed by atoms with Gasteiger partial charge in [0.15, 0.2) is 5.60 Å². The molecular weight excluding hydrogens is 326 g/mol. The van der Waals surface area contributed by atoms with Crippen LogP contribution < -0.4 is 4.74 Å². The summed E-state index contributed by atoms with van der Waals surface area (Å²) < 4.78 is 6.02. The highest BCUT2D eigenvalue weighted by molar-refractivity contribution is 7.99. The number of hydrogen-bond acceptors (Lipinski definition) is 3. The molecule has 0 unspecified atom stereocenters. The highest BCUT2D eigenvalue weighted by atomic mass is 32.2. The molecule has 25 heavy (non-hydrogen) atoms. The van der Waals surface area contributed by atoms with Crippen LogP contribution >= 0.6 is 11.8 Å². The van der Waals surface area contributed by atoms with Crippen molar-refractivity contribution in [3.8, 4) is 17.6 Å². The maximum Gasteiger partial charge on any atom is 0.164 e.